The Hall–Kier alpha value is -4.32. The van der Waals surface area contributed by atoms with Crippen LogP contribution in [0.5, 0.6) is 5.75 Å². The Morgan fingerprint density at radius 3 is 2.31 bits per heavy atom. The Bertz CT molecular complexity index is 1450. The number of ketones is 1. The second-order valence-corrected chi connectivity index (χ2v) is 8.93. The van der Waals surface area contributed by atoms with E-state index in [1.165, 1.54) is 4.90 Å². The maximum absolute atomic E-state index is 13.4. The monoisotopic (exact) mass is 466 g/mol. The third-order valence-electron chi connectivity index (χ3n) is 6.56. The number of ether oxygens (including phenoxy) is 1. The van der Waals surface area contributed by atoms with Crippen LogP contribution in [0.15, 0.2) is 84.6 Å². The Morgan fingerprint density at radius 1 is 0.971 bits per heavy atom. The second-order valence-electron chi connectivity index (χ2n) is 8.93. The van der Waals surface area contributed by atoms with Crippen molar-refractivity contribution in [3.63, 3.8) is 0 Å². The lowest BCUT2D eigenvalue weighted by atomic mass is 9.94. The van der Waals surface area contributed by atoms with Gasteiger partial charge in [-0.05, 0) is 53.9 Å². The first-order valence-electron chi connectivity index (χ1n) is 11.5. The van der Waals surface area contributed by atoms with Gasteiger partial charge < -0.3 is 14.8 Å². The fraction of sp³-hybridized carbons (Fsp3) is 0.172. The predicted molar refractivity (Wildman–Crippen MR) is 137 cm³/mol. The summed E-state index contributed by atoms with van der Waals surface area (Å²) in [6.07, 6.45) is 1.80. The zero-order chi connectivity index (χ0) is 24.7. The first kappa shape index (κ1) is 22.5. The van der Waals surface area contributed by atoms with Crippen molar-refractivity contribution < 1.29 is 19.4 Å². The summed E-state index contributed by atoms with van der Waals surface area (Å²) >= 11 is 0. The number of amides is 1. The van der Waals surface area contributed by atoms with Crippen LogP contribution in [0.25, 0.3) is 16.7 Å². The quantitative estimate of drug-likeness (QED) is 0.217. The Balaban J connectivity index is 1.72. The Morgan fingerprint density at radius 2 is 1.66 bits per heavy atom. The normalized spacial score (nSPS) is 17.5. The fourth-order valence-electron chi connectivity index (χ4n) is 4.64. The Labute approximate surface area is 203 Å². The van der Waals surface area contributed by atoms with Gasteiger partial charge in [0, 0.05) is 33.9 Å². The van der Waals surface area contributed by atoms with Crippen LogP contribution in [-0.4, -0.2) is 28.9 Å². The average Bonchev–Trinajstić information content (AvgIpc) is 3.42. The van der Waals surface area contributed by atoms with E-state index in [0.29, 0.717) is 22.9 Å². The van der Waals surface area contributed by atoms with Gasteiger partial charge in [0.1, 0.15) is 11.5 Å². The smallest absolute Gasteiger partial charge is 0.300 e. The number of H-pyrrole nitrogens is 1. The molecule has 2 heterocycles. The molecule has 1 fully saturated rings. The van der Waals surface area contributed by atoms with E-state index in [2.05, 4.69) is 18.8 Å². The molecule has 0 bridgehead atoms. The summed E-state index contributed by atoms with van der Waals surface area (Å²) in [5.74, 6) is -0.656. The highest BCUT2D eigenvalue weighted by molar-refractivity contribution is 6.51. The molecule has 6 heteroatoms. The molecule has 0 radical (unpaired) electrons. The summed E-state index contributed by atoms with van der Waals surface area (Å²) in [5, 5.41) is 12.2. The van der Waals surface area contributed by atoms with Gasteiger partial charge in [0.15, 0.2) is 0 Å². The maximum Gasteiger partial charge on any atom is 0.300 e. The van der Waals surface area contributed by atoms with E-state index in [1.807, 2.05) is 48.5 Å². The third kappa shape index (κ3) is 3.77. The second kappa shape index (κ2) is 8.80. The van der Waals surface area contributed by atoms with Gasteiger partial charge in [-0.15, -0.1) is 0 Å². The molecule has 5 rings (SSSR count). The van der Waals surface area contributed by atoms with Crippen LogP contribution in [0.1, 0.15) is 42.5 Å². The first-order chi connectivity index (χ1) is 16.9. The highest BCUT2D eigenvalue weighted by Gasteiger charge is 2.47. The molecule has 1 aliphatic heterocycles. The number of aliphatic hydroxyl groups is 1. The zero-order valence-electron chi connectivity index (χ0n) is 19.8. The number of carbonyl (C=O) groups excluding carboxylic acids is 2. The lowest BCUT2D eigenvalue weighted by Crippen LogP contribution is -2.29. The number of hydrogen-bond donors (Lipinski definition) is 2. The highest BCUT2D eigenvalue weighted by atomic mass is 16.5. The molecule has 1 amide bonds. The van der Waals surface area contributed by atoms with E-state index in [-0.39, 0.29) is 11.3 Å². The summed E-state index contributed by atoms with van der Waals surface area (Å²) in [6, 6.07) is 21.3. The summed E-state index contributed by atoms with van der Waals surface area (Å²) in [6.45, 7) is 4.20. The van der Waals surface area contributed by atoms with Crippen molar-refractivity contribution >= 4 is 34.0 Å². The summed E-state index contributed by atoms with van der Waals surface area (Å²) in [4.78, 5) is 31.5. The van der Waals surface area contributed by atoms with E-state index in [0.717, 1.165) is 22.0 Å². The van der Waals surface area contributed by atoms with Crippen LogP contribution < -0.4 is 9.64 Å². The molecule has 1 saturated heterocycles. The molecule has 2 N–H and O–H groups in total. The average molecular weight is 467 g/mol. The van der Waals surface area contributed by atoms with Crippen molar-refractivity contribution in [2.24, 2.45) is 0 Å². The van der Waals surface area contributed by atoms with Crippen molar-refractivity contribution in [1.82, 2.24) is 4.98 Å². The highest BCUT2D eigenvalue weighted by Crippen LogP contribution is 2.44. The van der Waals surface area contributed by atoms with Crippen molar-refractivity contribution in [3.8, 4) is 5.75 Å². The number of fused-ring (bicyclic) bond motifs is 1. The fourth-order valence-corrected chi connectivity index (χ4v) is 4.64. The zero-order valence-corrected chi connectivity index (χ0v) is 19.8. The number of benzene rings is 3. The van der Waals surface area contributed by atoms with Crippen LogP contribution in [0.3, 0.4) is 0 Å². The Kier molecular flexibility index (Phi) is 5.65. The number of para-hydroxylation sites is 1. The number of Topliss-reactive ketones (excluding diaryl/α,β-unsaturated/α-hetero) is 1. The van der Waals surface area contributed by atoms with Crippen LogP contribution >= 0.6 is 0 Å². The number of methoxy groups -OCH3 is 1. The first-order valence-corrected chi connectivity index (χ1v) is 11.5. The predicted octanol–water partition coefficient (Wildman–Crippen LogP) is 5.93. The number of aromatic nitrogens is 1. The molecule has 1 atom stereocenters. The summed E-state index contributed by atoms with van der Waals surface area (Å²) < 4.78 is 5.21. The number of rotatable bonds is 5. The van der Waals surface area contributed by atoms with Crippen molar-refractivity contribution in [2.75, 3.05) is 12.0 Å². The van der Waals surface area contributed by atoms with Gasteiger partial charge in [0.2, 0.25) is 0 Å². The van der Waals surface area contributed by atoms with E-state index in [1.54, 1.807) is 37.6 Å². The van der Waals surface area contributed by atoms with Gasteiger partial charge in [-0.25, -0.2) is 0 Å². The number of aliphatic hydroxyl groups excluding tert-OH is 1. The third-order valence-corrected chi connectivity index (χ3v) is 6.56. The molecule has 0 aliphatic carbocycles. The molecule has 176 valence electrons. The van der Waals surface area contributed by atoms with Gasteiger partial charge in [0.25, 0.3) is 11.7 Å². The van der Waals surface area contributed by atoms with Crippen LogP contribution in [-0.2, 0) is 9.59 Å². The van der Waals surface area contributed by atoms with Crippen molar-refractivity contribution in [2.45, 2.75) is 25.8 Å². The lowest BCUT2D eigenvalue weighted by Gasteiger charge is -2.25. The summed E-state index contributed by atoms with van der Waals surface area (Å²) in [7, 11) is 1.56. The lowest BCUT2D eigenvalue weighted by molar-refractivity contribution is -0.132. The van der Waals surface area contributed by atoms with E-state index in [9.17, 15) is 14.7 Å². The van der Waals surface area contributed by atoms with Crippen LogP contribution in [0.2, 0.25) is 0 Å². The van der Waals surface area contributed by atoms with Gasteiger partial charge in [0.05, 0.1) is 18.7 Å². The number of nitrogens with one attached hydrogen (secondary N) is 1. The molecule has 3 aromatic carbocycles. The molecule has 0 saturated carbocycles. The number of aromatic amines is 1. The molecular formula is C29H26N2O4. The number of hydrogen-bond acceptors (Lipinski definition) is 4. The molecule has 4 aromatic rings. The van der Waals surface area contributed by atoms with Gasteiger partial charge in [-0.1, -0.05) is 44.2 Å². The topological polar surface area (TPSA) is 82.6 Å². The minimum Gasteiger partial charge on any atom is -0.507 e. The number of anilines is 1. The SMILES string of the molecule is COc1ccc(/C(O)=C2\C(=O)C(=O)N(c3ccc(C(C)C)cc3)C2c2c[nH]c3ccccc23)cc1. The maximum atomic E-state index is 13.4. The van der Waals surface area contributed by atoms with E-state index in [4.69, 9.17) is 4.74 Å². The number of carbonyl (C=O) groups is 2. The largest absolute Gasteiger partial charge is 0.507 e. The number of nitrogens with zero attached hydrogens (tertiary/aromatic N) is 1. The molecule has 0 spiro atoms. The van der Waals surface area contributed by atoms with Crippen molar-refractivity contribution in [1.29, 1.82) is 0 Å². The molecule has 1 unspecified atom stereocenters. The van der Waals surface area contributed by atoms with Gasteiger partial charge in [-0.2, -0.15) is 0 Å². The van der Waals surface area contributed by atoms with Gasteiger partial charge >= 0.3 is 0 Å². The molecule has 35 heavy (non-hydrogen) atoms. The molecule has 1 aromatic heterocycles. The molecular weight excluding hydrogens is 440 g/mol. The van der Waals surface area contributed by atoms with E-state index < -0.39 is 17.7 Å². The summed E-state index contributed by atoms with van der Waals surface area (Å²) in [5.41, 5.74) is 3.84. The molecule has 6 nitrogen and oxygen atoms in total. The minimum absolute atomic E-state index is 0.0536. The van der Waals surface area contributed by atoms with E-state index >= 15 is 0 Å². The molecule has 1 aliphatic rings. The minimum atomic E-state index is -0.793. The standard InChI is InChI=1S/C29H26N2O4/c1-17(2)18-8-12-20(13-9-18)31-26(23-16-30-24-7-5-4-6-22(23)24)25(28(33)29(31)34)27(32)19-10-14-21(35-3)15-11-19/h4-17,26,30,32H,1-3H3/b27-25+. The van der Waals surface area contributed by atoms with Crippen LogP contribution in [0.4, 0.5) is 5.69 Å². The van der Waals surface area contributed by atoms with Crippen LogP contribution in [0, 0.1) is 0 Å². The van der Waals surface area contributed by atoms with Gasteiger partial charge in [-0.3, -0.25) is 14.5 Å². The van der Waals surface area contributed by atoms with Crippen molar-refractivity contribution in [3.05, 3.63) is 101 Å².